The average molecular weight is 280 g/mol. The first-order valence-corrected chi connectivity index (χ1v) is 8.10. The lowest BCUT2D eigenvalue weighted by Crippen LogP contribution is -2.47. The van der Waals surface area contributed by atoms with Crippen LogP contribution in [0, 0.1) is 0 Å². The van der Waals surface area contributed by atoms with Gasteiger partial charge in [0.2, 0.25) is 10.0 Å². The minimum absolute atomic E-state index is 0.0597. The topological polar surface area (TPSA) is 58.6 Å². The standard InChI is InChI=1S/C12H28N2O3S/c1-6-12(7-2)14(8-9-17-5)18(15,16)11(3)10-13-4/h11-13H,6-10H2,1-5H3. The second kappa shape index (κ2) is 8.85. The van der Waals surface area contributed by atoms with Crippen LogP contribution in [0.3, 0.4) is 0 Å². The largest absolute Gasteiger partial charge is 0.383 e. The Bertz CT molecular complexity index is 302. The van der Waals surface area contributed by atoms with Crippen LogP contribution >= 0.6 is 0 Å². The summed E-state index contributed by atoms with van der Waals surface area (Å²) in [7, 11) is 0.0904. The van der Waals surface area contributed by atoms with Crippen LogP contribution in [0.4, 0.5) is 0 Å². The maximum atomic E-state index is 12.5. The summed E-state index contributed by atoms with van der Waals surface area (Å²) in [6.07, 6.45) is 1.65. The van der Waals surface area contributed by atoms with Gasteiger partial charge in [0, 0.05) is 26.2 Å². The number of rotatable bonds is 10. The molecule has 0 amide bonds. The molecule has 1 N–H and O–H groups in total. The molecule has 18 heavy (non-hydrogen) atoms. The van der Waals surface area contributed by atoms with Crippen LogP contribution in [0.15, 0.2) is 0 Å². The Labute approximate surface area is 112 Å². The molecule has 0 fully saturated rings. The summed E-state index contributed by atoms with van der Waals surface area (Å²) >= 11 is 0. The van der Waals surface area contributed by atoms with Crippen molar-refractivity contribution in [2.75, 3.05) is 33.9 Å². The highest BCUT2D eigenvalue weighted by Gasteiger charge is 2.32. The normalized spacial score (nSPS) is 14.4. The highest BCUT2D eigenvalue weighted by molar-refractivity contribution is 7.89. The van der Waals surface area contributed by atoms with E-state index in [0.29, 0.717) is 19.7 Å². The first-order valence-electron chi connectivity index (χ1n) is 6.59. The molecule has 0 aliphatic rings. The van der Waals surface area contributed by atoms with Crippen LogP contribution in [0.1, 0.15) is 33.6 Å². The van der Waals surface area contributed by atoms with E-state index in [0.717, 1.165) is 12.8 Å². The molecule has 0 spiro atoms. The van der Waals surface area contributed by atoms with Crippen molar-refractivity contribution in [3.63, 3.8) is 0 Å². The van der Waals surface area contributed by atoms with E-state index in [4.69, 9.17) is 4.74 Å². The first-order chi connectivity index (χ1) is 8.45. The molecule has 0 heterocycles. The fourth-order valence-corrected chi connectivity index (χ4v) is 3.90. The summed E-state index contributed by atoms with van der Waals surface area (Å²) in [5.74, 6) is 0. The van der Waals surface area contributed by atoms with E-state index in [-0.39, 0.29) is 6.04 Å². The highest BCUT2D eigenvalue weighted by atomic mass is 32.2. The molecule has 0 aliphatic heterocycles. The molecule has 5 nitrogen and oxygen atoms in total. The lowest BCUT2D eigenvalue weighted by atomic mass is 10.2. The number of hydrogen-bond acceptors (Lipinski definition) is 4. The van der Waals surface area contributed by atoms with Crippen LogP contribution in [0.25, 0.3) is 0 Å². The summed E-state index contributed by atoms with van der Waals surface area (Å²) in [5.41, 5.74) is 0. The third kappa shape index (κ3) is 4.84. The maximum absolute atomic E-state index is 12.5. The van der Waals surface area contributed by atoms with Gasteiger partial charge < -0.3 is 10.1 Å². The Hall–Kier alpha value is -0.170. The van der Waals surface area contributed by atoms with Gasteiger partial charge in [0.05, 0.1) is 11.9 Å². The number of hydrogen-bond donors (Lipinski definition) is 1. The number of nitrogens with zero attached hydrogens (tertiary/aromatic N) is 1. The third-order valence-corrected chi connectivity index (χ3v) is 5.51. The van der Waals surface area contributed by atoms with E-state index in [2.05, 4.69) is 5.32 Å². The highest BCUT2D eigenvalue weighted by Crippen LogP contribution is 2.17. The summed E-state index contributed by atoms with van der Waals surface area (Å²) in [6.45, 7) is 7.11. The van der Waals surface area contributed by atoms with Crippen molar-refractivity contribution in [2.45, 2.75) is 44.9 Å². The lowest BCUT2D eigenvalue weighted by molar-refractivity contribution is 0.163. The van der Waals surface area contributed by atoms with Gasteiger partial charge in [0.15, 0.2) is 0 Å². The van der Waals surface area contributed by atoms with Crippen molar-refractivity contribution in [3.05, 3.63) is 0 Å². The van der Waals surface area contributed by atoms with Crippen molar-refractivity contribution in [3.8, 4) is 0 Å². The van der Waals surface area contributed by atoms with Gasteiger partial charge in [0.1, 0.15) is 0 Å². The SMILES string of the molecule is CCC(CC)N(CCOC)S(=O)(=O)C(C)CNC. The van der Waals surface area contributed by atoms with E-state index < -0.39 is 15.3 Å². The number of nitrogens with one attached hydrogen (secondary N) is 1. The molecule has 0 saturated carbocycles. The van der Waals surface area contributed by atoms with Crippen LogP contribution in [-0.2, 0) is 14.8 Å². The minimum Gasteiger partial charge on any atom is -0.383 e. The Morgan fingerprint density at radius 1 is 1.28 bits per heavy atom. The Morgan fingerprint density at radius 3 is 2.22 bits per heavy atom. The van der Waals surface area contributed by atoms with Crippen LogP contribution < -0.4 is 5.32 Å². The number of sulfonamides is 1. The zero-order chi connectivity index (χ0) is 14.2. The van der Waals surface area contributed by atoms with E-state index in [9.17, 15) is 8.42 Å². The molecule has 110 valence electrons. The van der Waals surface area contributed by atoms with E-state index in [1.165, 1.54) is 0 Å². The molecule has 0 radical (unpaired) electrons. The van der Waals surface area contributed by atoms with Gasteiger partial charge in [-0.1, -0.05) is 13.8 Å². The van der Waals surface area contributed by atoms with Crippen molar-refractivity contribution in [1.82, 2.24) is 9.62 Å². The predicted molar refractivity (Wildman–Crippen MR) is 75.3 cm³/mol. The van der Waals surface area contributed by atoms with Crippen molar-refractivity contribution in [1.29, 1.82) is 0 Å². The quantitative estimate of drug-likeness (QED) is 0.650. The predicted octanol–water partition coefficient (Wildman–Crippen LogP) is 1.06. The molecule has 0 aromatic heterocycles. The molecule has 0 aliphatic carbocycles. The number of ether oxygens (including phenoxy) is 1. The van der Waals surface area contributed by atoms with Gasteiger partial charge in [-0.15, -0.1) is 0 Å². The molecular weight excluding hydrogens is 252 g/mol. The molecule has 0 rings (SSSR count). The van der Waals surface area contributed by atoms with Crippen LogP contribution in [0.5, 0.6) is 0 Å². The average Bonchev–Trinajstić information content (AvgIpc) is 2.34. The second-order valence-corrected chi connectivity index (χ2v) is 6.79. The Kier molecular flexibility index (Phi) is 8.77. The minimum atomic E-state index is -3.27. The Balaban J connectivity index is 5.03. The zero-order valence-electron chi connectivity index (χ0n) is 12.3. The van der Waals surface area contributed by atoms with Gasteiger partial charge in [0.25, 0.3) is 0 Å². The van der Waals surface area contributed by atoms with Gasteiger partial charge >= 0.3 is 0 Å². The van der Waals surface area contributed by atoms with E-state index in [1.54, 1.807) is 25.4 Å². The van der Waals surface area contributed by atoms with Crippen molar-refractivity contribution < 1.29 is 13.2 Å². The summed E-state index contributed by atoms with van der Waals surface area (Å²) < 4.78 is 31.7. The molecule has 1 unspecified atom stereocenters. The third-order valence-electron chi connectivity index (χ3n) is 3.19. The molecule has 6 heteroatoms. The zero-order valence-corrected chi connectivity index (χ0v) is 13.1. The smallest absolute Gasteiger partial charge is 0.218 e. The van der Waals surface area contributed by atoms with Crippen molar-refractivity contribution in [2.24, 2.45) is 0 Å². The molecule has 0 aromatic rings. The van der Waals surface area contributed by atoms with Gasteiger partial charge in [-0.25, -0.2) is 8.42 Å². The Morgan fingerprint density at radius 2 is 1.83 bits per heavy atom. The molecular formula is C12H28N2O3S. The number of methoxy groups -OCH3 is 1. The van der Waals surface area contributed by atoms with E-state index in [1.807, 2.05) is 13.8 Å². The van der Waals surface area contributed by atoms with Crippen LogP contribution in [-0.4, -0.2) is 57.9 Å². The molecule has 0 aromatic carbocycles. The maximum Gasteiger partial charge on any atom is 0.218 e. The summed E-state index contributed by atoms with van der Waals surface area (Å²) in [6, 6.07) is 0.0597. The van der Waals surface area contributed by atoms with Crippen molar-refractivity contribution >= 4 is 10.0 Å². The van der Waals surface area contributed by atoms with Crippen LogP contribution in [0.2, 0.25) is 0 Å². The molecule has 0 saturated heterocycles. The fourth-order valence-electron chi connectivity index (χ4n) is 2.02. The van der Waals surface area contributed by atoms with E-state index >= 15 is 0 Å². The first kappa shape index (κ1) is 17.8. The molecule has 0 bridgehead atoms. The summed E-state index contributed by atoms with van der Waals surface area (Å²) in [5, 5.41) is 2.51. The van der Waals surface area contributed by atoms with Gasteiger partial charge in [-0.3, -0.25) is 0 Å². The van der Waals surface area contributed by atoms with Gasteiger partial charge in [-0.05, 0) is 26.8 Å². The summed E-state index contributed by atoms with van der Waals surface area (Å²) in [4.78, 5) is 0. The monoisotopic (exact) mass is 280 g/mol. The van der Waals surface area contributed by atoms with Gasteiger partial charge in [-0.2, -0.15) is 4.31 Å². The molecule has 1 atom stereocenters. The second-order valence-electron chi connectivity index (χ2n) is 4.49. The fraction of sp³-hybridized carbons (Fsp3) is 1.00. The lowest BCUT2D eigenvalue weighted by Gasteiger charge is -2.31.